The Morgan fingerprint density at radius 2 is 2.04 bits per heavy atom. The van der Waals surface area contributed by atoms with Gasteiger partial charge < -0.3 is 15.2 Å². The van der Waals surface area contributed by atoms with Gasteiger partial charge in [-0.15, -0.1) is 0 Å². The lowest BCUT2D eigenvalue weighted by atomic mass is 9.88. The lowest BCUT2D eigenvalue weighted by molar-refractivity contribution is -0.135. The molecular weight excluding hydrogens is 326 g/mol. The summed E-state index contributed by atoms with van der Waals surface area (Å²) in [5, 5.41) is 11.9. The zero-order valence-electron chi connectivity index (χ0n) is 13.6. The fourth-order valence-electron chi connectivity index (χ4n) is 3.25. The number of aromatic carboxylic acids is 1. The molecule has 0 aliphatic heterocycles. The number of carbonyl (C=O) groups excluding carboxylic acids is 2. The molecule has 1 amide bonds. The van der Waals surface area contributed by atoms with E-state index in [0.717, 1.165) is 30.8 Å². The van der Waals surface area contributed by atoms with Crippen LogP contribution < -0.4 is 5.32 Å². The lowest BCUT2D eigenvalue weighted by Crippen LogP contribution is -2.38. The smallest absolute Gasteiger partial charge is 0.354 e. The number of carbonyl (C=O) groups is 3. The van der Waals surface area contributed by atoms with E-state index in [4.69, 9.17) is 9.84 Å². The number of carboxylic acid groups (broad SMARTS) is 1. The van der Waals surface area contributed by atoms with Crippen LogP contribution in [0.1, 0.15) is 40.2 Å². The molecule has 8 heteroatoms. The Hall–Kier alpha value is -3.03. The first kappa shape index (κ1) is 16.8. The van der Waals surface area contributed by atoms with Crippen molar-refractivity contribution in [1.82, 2.24) is 15.3 Å². The van der Waals surface area contributed by atoms with E-state index in [1.807, 2.05) is 12.2 Å². The summed E-state index contributed by atoms with van der Waals surface area (Å²) >= 11 is 0. The maximum absolute atomic E-state index is 12.4. The van der Waals surface area contributed by atoms with Gasteiger partial charge in [0.05, 0.1) is 12.7 Å². The molecule has 1 unspecified atom stereocenters. The van der Waals surface area contributed by atoms with Gasteiger partial charge in [-0.3, -0.25) is 4.79 Å². The van der Waals surface area contributed by atoms with Gasteiger partial charge in [-0.2, -0.15) is 0 Å². The summed E-state index contributed by atoms with van der Waals surface area (Å²) in [5.74, 6) is -1.88. The maximum Gasteiger partial charge on any atom is 0.354 e. The second-order valence-electron chi connectivity index (χ2n) is 5.92. The number of allylic oxidation sites excluding steroid dienone is 1. The number of nitrogens with one attached hydrogen (secondary N) is 1. The van der Waals surface area contributed by atoms with E-state index in [0.29, 0.717) is 12.0 Å². The van der Waals surface area contributed by atoms with Crippen LogP contribution in [0.25, 0.3) is 0 Å². The summed E-state index contributed by atoms with van der Waals surface area (Å²) in [5.41, 5.74) is 1.45. The Morgan fingerprint density at radius 3 is 2.76 bits per heavy atom. The third kappa shape index (κ3) is 3.42. The zero-order valence-corrected chi connectivity index (χ0v) is 13.6. The monoisotopic (exact) mass is 343 g/mol. The van der Waals surface area contributed by atoms with Gasteiger partial charge in [-0.1, -0.05) is 11.6 Å². The van der Waals surface area contributed by atoms with Crippen molar-refractivity contribution < 1.29 is 24.2 Å². The molecule has 1 aromatic rings. The number of aromatic nitrogens is 2. The average Bonchev–Trinajstić information content (AvgIpc) is 3.03. The van der Waals surface area contributed by atoms with Gasteiger partial charge in [0.2, 0.25) is 0 Å². The number of rotatable bonds is 4. The fourth-order valence-corrected chi connectivity index (χ4v) is 3.25. The number of fused-ring (bicyclic) bond motifs is 1. The molecule has 8 nitrogen and oxygen atoms in total. The molecule has 0 radical (unpaired) electrons. The van der Waals surface area contributed by atoms with Crippen LogP contribution in [0.2, 0.25) is 0 Å². The molecule has 1 saturated carbocycles. The van der Waals surface area contributed by atoms with Crippen LogP contribution in [0.15, 0.2) is 35.7 Å². The summed E-state index contributed by atoms with van der Waals surface area (Å²) in [6, 6.07) is 1.07. The Balaban J connectivity index is 1.69. The number of methoxy groups -OCH3 is 1. The normalized spacial score (nSPS) is 21.6. The standard InChI is InChI=1S/C17H17N3O5/c1-25-17(24)10-2-4-11-9(6-10)3-5-12(11)20-15(21)13-7-14(16(22)23)19-8-18-13/h2,6-8,11-12H,3-5H2,1H3,(H,20,21)(H,22,23)/t11?,12-/m0/s1. The molecule has 0 saturated heterocycles. The minimum Gasteiger partial charge on any atom is -0.477 e. The highest BCUT2D eigenvalue weighted by Gasteiger charge is 2.34. The number of nitrogens with zero attached hydrogens (tertiary/aromatic N) is 2. The van der Waals surface area contributed by atoms with E-state index in [2.05, 4.69) is 15.3 Å². The summed E-state index contributed by atoms with van der Waals surface area (Å²) in [6.45, 7) is 0. The molecule has 1 heterocycles. The second kappa shape index (κ2) is 6.84. The molecule has 2 atom stereocenters. The number of amides is 1. The van der Waals surface area contributed by atoms with Gasteiger partial charge in [0.1, 0.15) is 12.0 Å². The van der Waals surface area contributed by atoms with Crippen molar-refractivity contribution in [3.05, 3.63) is 47.1 Å². The van der Waals surface area contributed by atoms with Crippen LogP contribution in [0, 0.1) is 5.92 Å². The SMILES string of the molecule is COC(=O)C1=CCC2C(=C1)CC[C@@H]2NC(=O)c1cc(C(=O)O)ncn1. The van der Waals surface area contributed by atoms with Crippen LogP contribution in [-0.2, 0) is 9.53 Å². The van der Waals surface area contributed by atoms with E-state index >= 15 is 0 Å². The fraction of sp³-hybridized carbons (Fsp3) is 0.353. The number of hydrogen-bond acceptors (Lipinski definition) is 6. The number of carboxylic acids is 1. The Bertz CT molecular complexity index is 799. The predicted molar refractivity (Wildman–Crippen MR) is 85.8 cm³/mol. The Labute approximate surface area is 143 Å². The number of hydrogen-bond donors (Lipinski definition) is 2. The number of esters is 1. The molecular formula is C17H17N3O5. The van der Waals surface area contributed by atoms with Crippen molar-refractivity contribution >= 4 is 17.8 Å². The predicted octanol–water partition coefficient (Wildman–Crippen LogP) is 1.11. The summed E-state index contributed by atoms with van der Waals surface area (Å²) in [4.78, 5) is 42.4. The molecule has 25 heavy (non-hydrogen) atoms. The van der Waals surface area contributed by atoms with Crippen molar-refractivity contribution in [3.63, 3.8) is 0 Å². The molecule has 0 bridgehead atoms. The minimum atomic E-state index is -1.21. The van der Waals surface area contributed by atoms with Gasteiger partial charge in [0.15, 0.2) is 5.69 Å². The molecule has 2 aliphatic carbocycles. The quantitative estimate of drug-likeness (QED) is 0.786. The van der Waals surface area contributed by atoms with Crippen LogP contribution in [0.3, 0.4) is 0 Å². The molecule has 2 N–H and O–H groups in total. The van der Waals surface area contributed by atoms with E-state index in [-0.39, 0.29) is 29.3 Å². The Kier molecular flexibility index (Phi) is 4.60. The molecule has 0 aromatic carbocycles. The molecule has 1 aromatic heterocycles. The Morgan fingerprint density at radius 1 is 1.28 bits per heavy atom. The molecule has 2 aliphatic rings. The maximum atomic E-state index is 12.4. The highest BCUT2D eigenvalue weighted by atomic mass is 16.5. The van der Waals surface area contributed by atoms with Crippen LogP contribution >= 0.6 is 0 Å². The van der Waals surface area contributed by atoms with E-state index in [1.165, 1.54) is 7.11 Å². The van der Waals surface area contributed by atoms with Crippen molar-refractivity contribution in [3.8, 4) is 0 Å². The zero-order chi connectivity index (χ0) is 18.0. The van der Waals surface area contributed by atoms with Crippen LogP contribution in [-0.4, -0.2) is 46.1 Å². The van der Waals surface area contributed by atoms with Gasteiger partial charge in [0.25, 0.3) is 5.91 Å². The number of ether oxygens (including phenoxy) is 1. The summed E-state index contributed by atoms with van der Waals surface area (Å²) in [6.07, 6.45) is 6.89. The molecule has 130 valence electrons. The van der Waals surface area contributed by atoms with E-state index in [9.17, 15) is 14.4 Å². The van der Waals surface area contributed by atoms with Gasteiger partial charge in [-0.25, -0.2) is 19.6 Å². The summed E-state index contributed by atoms with van der Waals surface area (Å²) in [7, 11) is 1.35. The van der Waals surface area contributed by atoms with Crippen molar-refractivity contribution in [2.45, 2.75) is 25.3 Å². The molecule has 1 fully saturated rings. The van der Waals surface area contributed by atoms with Crippen LogP contribution in [0.5, 0.6) is 0 Å². The van der Waals surface area contributed by atoms with Crippen molar-refractivity contribution in [2.75, 3.05) is 7.11 Å². The van der Waals surface area contributed by atoms with Crippen molar-refractivity contribution in [2.24, 2.45) is 5.92 Å². The first-order chi connectivity index (χ1) is 12.0. The first-order valence-electron chi connectivity index (χ1n) is 7.84. The summed E-state index contributed by atoms with van der Waals surface area (Å²) < 4.78 is 4.73. The van der Waals surface area contributed by atoms with Gasteiger partial charge in [-0.05, 0) is 25.3 Å². The highest BCUT2D eigenvalue weighted by Crippen LogP contribution is 2.38. The average molecular weight is 343 g/mol. The largest absolute Gasteiger partial charge is 0.477 e. The molecule has 0 spiro atoms. The van der Waals surface area contributed by atoms with Gasteiger partial charge in [0, 0.05) is 18.0 Å². The van der Waals surface area contributed by atoms with E-state index in [1.54, 1.807) is 0 Å². The van der Waals surface area contributed by atoms with Crippen molar-refractivity contribution in [1.29, 1.82) is 0 Å². The van der Waals surface area contributed by atoms with E-state index < -0.39 is 11.9 Å². The highest BCUT2D eigenvalue weighted by molar-refractivity contribution is 5.95. The van der Waals surface area contributed by atoms with Gasteiger partial charge >= 0.3 is 11.9 Å². The second-order valence-corrected chi connectivity index (χ2v) is 5.92. The third-order valence-corrected chi connectivity index (χ3v) is 4.50. The topological polar surface area (TPSA) is 118 Å². The third-order valence-electron chi connectivity index (χ3n) is 4.50. The molecule has 3 rings (SSSR count). The lowest BCUT2D eigenvalue weighted by Gasteiger charge is -2.23. The first-order valence-corrected chi connectivity index (χ1v) is 7.84. The van der Waals surface area contributed by atoms with Crippen LogP contribution in [0.4, 0.5) is 0 Å². The minimum absolute atomic E-state index is 0.0198.